The predicted molar refractivity (Wildman–Crippen MR) is 65.7 cm³/mol. The number of nitrogens with zero attached hydrogens (tertiary/aromatic N) is 1. The van der Waals surface area contributed by atoms with Crippen molar-refractivity contribution >= 4 is 34.8 Å². The third-order valence-electron chi connectivity index (χ3n) is 2.19. The Morgan fingerprint density at radius 2 is 2.18 bits per heavy atom. The molecule has 2 rings (SSSR count). The molecule has 17 heavy (non-hydrogen) atoms. The van der Waals surface area contributed by atoms with E-state index >= 15 is 0 Å². The van der Waals surface area contributed by atoms with Crippen molar-refractivity contribution in [3.63, 3.8) is 0 Å². The first kappa shape index (κ1) is 12.0. The van der Waals surface area contributed by atoms with Crippen LogP contribution < -0.4 is 5.32 Å². The second-order valence-corrected chi connectivity index (χ2v) is 4.15. The van der Waals surface area contributed by atoms with E-state index in [1.807, 2.05) is 0 Å². The highest BCUT2D eigenvalue weighted by atomic mass is 35.5. The van der Waals surface area contributed by atoms with Gasteiger partial charge in [0.2, 0.25) is 0 Å². The van der Waals surface area contributed by atoms with Gasteiger partial charge in [-0.3, -0.25) is 4.79 Å². The van der Waals surface area contributed by atoms with E-state index in [1.165, 1.54) is 6.26 Å². The second kappa shape index (κ2) is 4.77. The first-order valence-corrected chi connectivity index (χ1v) is 5.51. The molecule has 1 heterocycles. The highest BCUT2D eigenvalue weighted by Gasteiger charge is 2.14. The summed E-state index contributed by atoms with van der Waals surface area (Å²) in [6.07, 6.45) is 1.28. The summed E-state index contributed by atoms with van der Waals surface area (Å²) in [7, 11) is 0. The number of carbonyl (C=O) groups excluding carboxylic acids is 1. The summed E-state index contributed by atoms with van der Waals surface area (Å²) >= 11 is 11.8. The molecule has 4 nitrogen and oxygen atoms in total. The average Bonchev–Trinajstić information content (AvgIpc) is 2.71. The van der Waals surface area contributed by atoms with E-state index < -0.39 is 0 Å². The zero-order valence-electron chi connectivity index (χ0n) is 8.83. The normalized spacial score (nSPS) is 10.3. The Balaban J connectivity index is 2.25. The summed E-state index contributed by atoms with van der Waals surface area (Å²) in [6.45, 7) is 1.68. The molecule has 1 aromatic carbocycles. The van der Waals surface area contributed by atoms with Crippen LogP contribution in [0.15, 0.2) is 29.0 Å². The van der Waals surface area contributed by atoms with E-state index in [4.69, 9.17) is 23.2 Å². The lowest BCUT2D eigenvalue weighted by atomic mass is 10.2. The molecule has 0 aliphatic carbocycles. The summed E-state index contributed by atoms with van der Waals surface area (Å²) in [5.74, 6) is -0.340. The van der Waals surface area contributed by atoms with Crippen LogP contribution in [0, 0.1) is 6.92 Å². The minimum Gasteiger partial charge on any atom is -0.364 e. The van der Waals surface area contributed by atoms with E-state index in [1.54, 1.807) is 25.1 Å². The average molecular weight is 271 g/mol. The fourth-order valence-electron chi connectivity index (χ4n) is 1.30. The highest BCUT2D eigenvalue weighted by molar-refractivity contribution is 6.44. The number of benzene rings is 1. The van der Waals surface area contributed by atoms with Gasteiger partial charge in [-0.1, -0.05) is 34.4 Å². The molecule has 0 radical (unpaired) electrons. The molecule has 88 valence electrons. The number of amides is 1. The molecule has 0 bridgehead atoms. The number of rotatable bonds is 2. The van der Waals surface area contributed by atoms with Gasteiger partial charge in [-0.2, -0.15) is 0 Å². The summed E-state index contributed by atoms with van der Waals surface area (Å²) < 4.78 is 4.69. The van der Waals surface area contributed by atoms with Crippen molar-refractivity contribution in [1.29, 1.82) is 0 Å². The van der Waals surface area contributed by atoms with Crippen molar-refractivity contribution in [3.05, 3.63) is 45.8 Å². The van der Waals surface area contributed by atoms with Gasteiger partial charge in [-0.05, 0) is 19.1 Å². The van der Waals surface area contributed by atoms with Gasteiger partial charge in [-0.25, -0.2) is 0 Å². The molecule has 0 fully saturated rings. The third-order valence-corrected chi connectivity index (χ3v) is 3.01. The summed E-state index contributed by atoms with van der Waals surface area (Å²) in [6, 6.07) is 5.00. The maximum absolute atomic E-state index is 11.8. The summed E-state index contributed by atoms with van der Waals surface area (Å²) in [5.41, 5.74) is 1.33. The molecule has 0 aliphatic rings. The number of hydrogen-bond donors (Lipinski definition) is 1. The largest absolute Gasteiger partial charge is 0.364 e. The molecule has 1 N–H and O–H groups in total. The van der Waals surface area contributed by atoms with E-state index in [0.29, 0.717) is 27.0 Å². The van der Waals surface area contributed by atoms with Crippen LogP contribution in [0.2, 0.25) is 10.0 Å². The van der Waals surface area contributed by atoms with Crippen molar-refractivity contribution in [1.82, 2.24) is 5.16 Å². The number of nitrogens with one attached hydrogen (secondary N) is 1. The molecule has 6 heteroatoms. The lowest BCUT2D eigenvalue weighted by Crippen LogP contribution is -2.12. The Hall–Kier alpha value is -1.52. The van der Waals surface area contributed by atoms with Gasteiger partial charge in [0.15, 0.2) is 0 Å². The highest BCUT2D eigenvalue weighted by Crippen LogP contribution is 2.29. The van der Waals surface area contributed by atoms with Gasteiger partial charge in [0, 0.05) is 0 Å². The van der Waals surface area contributed by atoms with Crippen molar-refractivity contribution in [2.45, 2.75) is 6.92 Å². The van der Waals surface area contributed by atoms with Crippen LogP contribution in [0.1, 0.15) is 16.1 Å². The Bertz CT molecular complexity index is 566. The van der Waals surface area contributed by atoms with Crippen molar-refractivity contribution in [2.75, 3.05) is 5.32 Å². The van der Waals surface area contributed by atoms with Gasteiger partial charge in [0.25, 0.3) is 5.91 Å². The molecule has 0 spiro atoms. The van der Waals surface area contributed by atoms with E-state index in [9.17, 15) is 4.79 Å². The number of anilines is 1. The Morgan fingerprint density at radius 3 is 2.82 bits per heavy atom. The Morgan fingerprint density at radius 1 is 1.41 bits per heavy atom. The fourth-order valence-corrected chi connectivity index (χ4v) is 1.65. The second-order valence-electron chi connectivity index (χ2n) is 3.37. The van der Waals surface area contributed by atoms with Gasteiger partial charge < -0.3 is 9.84 Å². The van der Waals surface area contributed by atoms with Crippen LogP contribution in [0.25, 0.3) is 0 Å². The fraction of sp³-hybridized carbons (Fsp3) is 0.0909. The van der Waals surface area contributed by atoms with Crippen LogP contribution in [0.5, 0.6) is 0 Å². The first-order valence-electron chi connectivity index (χ1n) is 4.76. The maximum Gasteiger partial charge on any atom is 0.260 e. The standard InChI is InChI=1S/C11H8Cl2N2O2/c1-6-7(5-17-15-6)11(16)14-9-4-2-3-8(12)10(9)13/h2-5H,1H3,(H,14,16). The quantitative estimate of drug-likeness (QED) is 0.908. The van der Waals surface area contributed by atoms with Crippen molar-refractivity contribution < 1.29 is 9.32 Å². The van der Waals surface area contributed by atoms with E-state index in [-0.39, 0.29) is 5.91 Å². The molecule has 1 amide bonds. The Labute approximate surface area is 108 Å². The smallest absolute Gasteiger partial charge is 0.260 e. The van der Waals surface area contributed by atoms with E-state index in [2.05, 4.69) is 15.0 Å². The van der Waals surface area contributed by atoms with Gasteiger partial charge >= 0.3 is 0 Å². The molecule has 0 unspecified atom stereocenters. The zero-order chi connectivity index (χ0) is 12.4. The van der Waals surface area contributed by atoms with Crippen LogP contribution in [0.4, 0.5) is 5.69 Å². The van der Waals surface area contributed by atoms with Crippen LogP contribution in [0.3, 0.4) is 0 Å². The number of hydrogen-bond acceptors (Lipinski definition) is 3. The molecule has 2 aromatic rings. The number of halogens is 2. The predicted octanol–water partition coefficient (Wildman–Crippen LogP) is 3.54. The third kappa shape index (κ3) is 2.43. The topological polar surface area (TPSA) is 55.1 Å². The SMILES string of the molecule is Cc1nocc1C(=O)Nc1cccc(Cl)c1Cl. The minimum atomic E-state index is -0.340. The summed E-state index contributed by atoms with van der Waals surface area (Å²) in [5, 5.41) is 6.95. The van der Waals surface area contributed by atoms with E-state index in [0.717, 1.165) is 0 Å². The molecular formula is C11H8Cl2N2O2. The first-order chi connectivity index (χ1) is 8.09. The molecule has 0 aliphatic heterocycles. The van der Waals surface area contributed by atoms with Gasteiger partial charge in [-0.15, -0.1) is 0 Å². The lowest BCUT2D eigenvalue weighted by molar-refractivity contribution is 0.102. The molecule has 1 aromatic heterocycles. The number of aromatic nitrogens is 1. The van der Waals surface area contributed by atoms with Gasteiger partial charge in [0.1, 0.15) is 11.8 Å². The molecule has 0 saturated carbocycles. The van der Waals surface area contributed by atoms with Crippen molar-refractivity contribution in [2.24, 2.45) is 0 Å². The summed E-state index contributed by atoms with van der Waals surface area (Å²) in [4.78, 5) is 11.8. The van der Waals surface area contributed by atoms with Crippen molar-refractivity contribution in [3.8, 4) is 0 Å². The van der Waals surface area contributed by atoms with Crippen LogP contribution in [-0.4, -0.2) is 11.1 Å². The molecule has 0 atom stereocenters. The van der Waals surface area contributed by atoms with Gasteiger partial charge in [0.05, 0.1) is 21.4 Å². The monoisotopic (exact) mass is 270 g/mol. The lowest BCUT2D eigenvalue weighted by Gasteiger charge is -2.06. The maximum atomic E-state index is 11.8. The number of aryl methyl sites for hydroxylation is 1. The Kier molecular flexibility index (Phi) is 3.36. The number of carbonyl (C=O) groups is 1. The molecule has 0 saturated heterocycles. The zero-order valence-corrected chi connectivity index (χ0v) is 10.3. The minimum absolute atomic E-state index is 0.302. The van der Waals surface area contributed by atoms with Crippen LogP contribution >= 0.6 is 23.2 Å². The molecular weight excluding hydrogens is 263 g/mol. The van der Waals surface area contributed by atoms with Crippen LogP contribution in [-0.2, 0) is 0 Å².